The lowest BCUT2D eigenvalue weighted by Crippen LogP contribution is -2.05. The molecule has 2 aromatic rings. The number of hydrogen-bond acceptors (Lipinski definition) is 1. The van der Waals surface area contributed by atoms with Gasteiger partial charge in [0.2, 0.25) is 0 Å². The molecule has 1 N–H and O–H groups in total. The number of nitrogens with one attached hydrogen (secondary N) is 1. The summed E-state index contributed by atoms with van der Waals surface area (Å²) in [6.45, 7) is 3.09. The molecule has 0 heterocycles. The van der Waals surface area contributed by atoms with Crippen LogP contribution >= 0.6 is 0 Å². The van der Waals surface area contributed by atoms with E-state index < -0.39 is 0 Å². The molecule has 82 valence electrons. The monoisotopic (exact) mass is 211 g/mol. The normalized spacial score (nSPS) is 10.4. The van der Waals surface area contributed by atoms with Crippen LogP contribution in [0.2, 0.25) is 0 Å². The van der Waals surface area contributed by atoms with Crippen molar-refractivity contribution in [1.82, 2.24) is 5.32 Å². The Kier molecular flexibility index (Phi) is 3.37. The standard InChI is InChI=1S/C15H17N/c1-12-10-13(11-16-2)8-9-15(12)14-6-4-3-5-7-14/h3-10,16H,11H2,1-2H3. The average Bonchev–Trinajstić information content (AvgIpc) is 2.31. The highest BCUT2D eigenvalue weighted by Crippen LogP contribution is 2.23. The third kappa shape index (κ3) is 2.31. The van der Waals surface area contributed by atoms with Gasteiger partial charge >= 0.3 is 0 Å². The van der Waals surface area contributed by atoms with Gasteiger partial charge in [-0.1, -0.05) is 48.5 Å². The lowest BCUT2D eigenvalue weighted by atomic mass is 9.98. The van der Waals surface area contributed by atoms with Gasteiger partial charge < -0.3 is 5.32 Å². The molecule has 1 nitrogen and oxygen atoms in total. The fourth-order valence-corrected chi connectivity index (χ4v) is 1.98. The van der Waals surface area contributed by atoms with Crippen LogP contribution in [0.15, 0.2) is 48.5 Å². The largest absolute Gasteiger partial charge is 0.316 e. The fraction of sp³-hybridized carbons (Fsp3) is 0.200. The molecule has 2 aromatic carbocycles. The molecular weight excluding hydrogens is 194 g/mol. The van der Waals surface area contributed by atoms with E-state index in [1.54, 1.807) is 0 Å². The van der Waals surface area contributed by atoms with Crippen LogP contribution in [0.1, 0.15) is 11.1 Å². The Balaban J connectivity index is 2.37. The smallest absolute Gasteiger partial charge is 0.0202 e. The van der Waals surface area contributed by atoms with Gasteiger partial charge in [-0.3, -0.25) is 0 Å². The van der Waals surface area contributed by atoms with Crippen LogP contribution in [0.25, 0.3) is 11.1 Å². The van der Waals surface area contributed by atoms with E-state index in [-0.39, 0.29) is 0 Å². The SMILES string of the molecule is CNCc1ccc(-c2ccccc2)c(C)c1. The molecule has 0 atom stereocenters. The van der Waals surface area contributed by atoms with Crippen LogP contribution in [-0.4, -0.2) is 7.05 Å². The molecule has 2 rings (SSSR count). The van der Waals surface area contributed by atoms with Gasteiger partial charge in [-0.05, 0) is 36.2 Å². The first-order chi connectivity index (χ1) is 7.81. The van der Waals surface area contributed by atoms with Crippen LogP contribution in [-0.2, 0) is 6.54 Å². The quantitative estimate of drug-likeness (QED) is 0.820. The van der Waals surface area contributed by atoms with E-state index in [9.17, 15) is 0 Å². The van der Waals surface area contributed by atoms with E-state index in [4.69, 9.17) is 0 Å². The minimum Gasteiger partial charge on any atom is -0.316 e. The van der Waals surface area contributed by atoms with E-state index in [1.807, 2.05) is 13.1 Å². The maximum absolute atomic E-state index is 3.17. The molecule has 0 aliphatic rings. The van der Waals surface area contributed by atoms with Crippen molar-refractivity contribution in [2.24, 2.45) is 0 Å². The van der Waals surface area contributed by atoms with Crippen LogP contribution < -0.4 is 5.32 Å². The number of benzene rings is 2. The van der Waals surface area contributed by atoms with E-state index in [2.05, 4.69) is 54.7 Å². The van der Waals surface area contributed by atoms with Gasteiger partial charge in [-0.25, -0.2) is 0 Å². The summed E-state index contributed by atoms with van der Waals surface area (Å²) in [7, 11) is 1.97. The molecular formula is C15H17N. The molecule has 0 saturated heterocycles. The van der Waals surface area contributed by atoms with Gasteiger partial charge in [0.05, 0.1) is 0 Å². The first-order valence-electron chi connectivity index (χ1n) is 5.61. The van der Waals surface area contributed by atoms with Crippen molar-refractivity contribution in [1.29, 1.82) is 0 Å². The highest BCUT2D eigenvalue weighted by atomic mass is 14.8. The van der Waals surface area contributed by atoms with Gasteiger partial charge in [0, 0.05) is 6.54 Å². The van der Waals surface area contributed by atoms with Crippen molar-refractivity contribution in [3.05, 3.63) is 59.7 Å². The zero-order valence-electron chi connectivity index (χ0n) is 9.83. The summed E-state index contributed by atoms with van der Waals surface area (Å²) < 4.78 is 0. The van der Waals surface area contributed by atoms with Crippen molar-refractivity contribution in [2.75, 3.05) is 7.05 Å². The summed E-state index contributed by atoms with van der Waals surface area (Å²) in [5.74, 6) is 0. The third-order valence-corrected chi connectivity index (χ3v) is 2.76. The first-order valence-corrected chi connectivity index (χ1v) is 5.61. The molecule has 0 radical (unpaired) electrons. The molecule has 0 spiro atoms. The summed E-state index contributed by atoms with van der Waals surface area (Å²) in [5, 5.41) is 3.17. The fourth-order valence-electron chi connectivity index (χ4n) is 1.98. The van der Waals surface area contributed by atoms with Crippen molar-refractivity contribution in [2.45, 2.75) is 13.5 Å². The predicted molar refractivity (Wildman–Crippen MR) is 69.4 cm³/mol. The van der Waals surface area contributed by atoms with Gasteiger partial charge in [0.25, 0.3) is 0 Å². The molecule has 0 fully saturated rings. The van der Waals surface area contributed by atoms with Gasteiger partial charge in [0.1, 0.15) is 0 Å². The maximum atomic E-state index is 3.17. The summed E-state index contributed by atoms with van der Waals surface area (Å²) >= 11 is 0. The minimum atomic E-state index is 0.926. The van der Waals surface area contributed by atoms with E-state index in [0.717, 1.165) is 6.54 Å². The molecule has 0 aromatic heterocycles. The highest BCUT2D eigenvalue weighted by molar-refractivity contribution is 5.67. The topological polar surface area (TPSA) is 12.0 Å². The second kappa shape index (κ2) is 4.95. The zero-order chi connectivity index (χ0) is 11.4. The Hall–Kier alpha value is -1.60. The van der Waals surface area contributed by atoms with Gasteiger partial charge in [-0.15, -0.1) is 0 Å². The number of rotatable bonds is 3. The zero-order valence-corrected chi connectivity index (χ0v) is 9.83. The molecule has 0 bridgehead atoms. The Bertz CT molecular complexity index is 460. The van der Waals surface area contributed by atoms with Crippen molar-refractivity contribution in [3.8, 4) is 11.1 Å². The second-order valence-electron chi connectivity index (χ2n) is 4.05. The molecule has 1 heteroatoms. The molecule has 16 heavy (non-hydrogen) atoms. The maximum Gasteiger partial charge on any atom is 0.0202 e. The van der Waals surface area contributed by atoms with Crippen LogP contribution in [0.4, 0.5) is 0 Å². The number of aryl methyl sites for hydroxylation is 1. The van der Waals surface area contributed by atoms with Crippen molar-refractivity contribution < 1.29 is 0 Å². The Morgan fingerprint density at radius 3 is 2.38 bits per heavy atom. The Morgan fingerprint density at radius 2 is 1.75 bits per heavy atom. The summed E-state index contributed by atoms with van der Waals surface area (Å²) in [6, 6.07) is 17.2. The van der Waals surface area contributed by atoms with Crippen molar-refractivity contribution >= 4 is 0 Å². The molecule has 0 amide bonds. The van der Waals surface area contributed by atoms with E-state index in [1.165, 1.54) is 22.3 Å². The second-order valence-corrected chi connectivity index (χ2v) is 4.05. The van der Waals surface area contributed by atoms with Crippen LogP contribution in [0.5, 0.6) is 0 Å². The predicted octanol–water partition coefficient (Wildman–Crippen LogP) is 3.38. The highest BCUT2D eigenvalue weighted by Gasteiger charge is 2.01. The summed E-state index contributed by atoms with van der Waals surface area (Å²) in [4.78, 5) is 0. The molecule has 0 unspecified atom stereocenters. The summed E-state index contributed by atoms with van der Waals surface area (Å²) in [5.41, 5.74) is 5.27. The molecule has 0 aliphatic carbocycles. The van der Waals surface area contributed by atoms with E-state index in [0.29, 0.717) is 0 Å². The van der Waals surface area contributed by atoms with Crippen LogP contribution in [0.3, 0.4) is 0 Å². The summed E-state index contributed by atoms with van der Waals surface area (Å²) in [6.07, 6.45) is 0. The molecule has 0 aliphatic heterocycles. The van der Waals surface area contributed by atoms with Gasteiger partial charge in [-0.2, -0.15) is 0 Å². The lowest BCUT2D eigenvalue weighted by Gasteiger charge is -2.08. The Morgan fingerprint density at radius 1 is 1.00 bits per heavy atom. The molecule has 0 saturated carbocycles. The van der Waals surface area contributed by atoms with Crippen molar-refractivity contribution in [3.63, 3.8) is 0 Å². The minimum absolute atomic E-state index is 0.926. The average molecular weight is 211 g/mol. The Labute approximate surface area is 97.1 Å². The van der Waals surface area contributed by atoms with Crippen LogP contribution in [0, 0.1) is 6.92 Å². The van der Waals surface area contributed by atoms with Gasteiger partial charge in [0.15, 0.2) is 0 Å². The first kappa shape index (κ1) is 10.9. The number of hydrogen-bond donors (Lipinski definition) is 1. The van der Waals surface area contributed by atoms with E-state index >= 15 is 0 Å². The lowest BCUT2D eigenvalue weighted by molar-refractivity contribution is 0.817. The third-order valence-electron chi connectivity index (χ3n) is 2.76.